The molecule has 3 aromatic rings. The van der Waals surface area contributed by atoms with Gasteiger partial charge in [0, 0.05) is 27.9 Å². The molecule has 1 fully saturated rings. The zero-order valence-corrected chi connectivity index (χ0v) is 23.0. The number of carbonyl (C=O) groups is 2. The Hall–Kier alpha value is -2.47. The first-order chi connectivity index (χ1) is 17.1. The first-order valence-corrected chi connectivity index (χ1v) is 13.8. The maximum Gasteiger partial charge on any atom is 0.255 e. The molecule has 1 saturated heterocycles. The van der Waals surface area contributed by atoms with E-state index in [1.807, 2.05) is 24.3 Å². The molecule has 0 spiro atoms. The van der Waals surface area contributed by atoms with Gasteiger partial charge in [0.1, 0.15) is 11.4 Å². The van der Waals surface area contributed by atoms with E-state index in [9.17, 15) is 9.59 Å². The topological polar surface area (TPSA) is 49.4 Å². The molecule has 36 heavy (non-hydrogen) atoms. The van der Waals surface area contributed by atoms with E-state index in [2.05, 4.69) is 50.4 Å². The number of amides is 2. The lowest BCUT2D eigenvalue weighted by molar-refractivity contribution is -0.124. The largest absolute Gasteiger partial charge is 0.354 e. The van der Waals surface area contributed by atoms with Crippen LogP contribution in [0.15, 0.2) is 72.8 Å². The van der Waals surface area contributed by atoms with Gasteiger partial charge >= 0.3 is 0 Å². The standard InChI is InChI=1S/C29H30Cl2N2O2S/c1-29(2,3)22-12-9-21(10-13-22)28-33(27(35)20-7-5-4-6-8-20)25(18-36-28)26(34)32-16-15-19-11-14-23(30)17-24(19)31/h4-14,17,25,28H,15-16,18H2,1-3H3,(H,32,34). The van der Waals surface area contributed by atoms with E-state index < -0.39 is 6.04 Å². The molecule has 2 atom stereocenters. The van der Waals surface area contributed by atoms with Crippen molar-refractivity contribution in [3.63, 3.8) is 0 Å². The summed E-state index contributed by atoms with van der Waals surface area (Å²) in [5.74, 6) is 0.217. The minimum atomic E-state index is -0.573. The van der Waals surface area contributed by atoms with E-state index in [4.69, 9.17) is 23.2 Å². The molecular formula is C29H30Cl2N2O2S. The zero-order valence-electron chi connectivity index (χ0n) is 20.6. The van der Waals surface area contributed by atoms with Crippen molar-refractivity contribution in [2.24, 2.45) is 0 Å². The van der Waals surface area contributed by atoms with Crippen LogP contribution in [0.4, 0.5) is 0 Å². The fourth-order valence-corrected chi connectivity index (χ4v) is 6.19. The Labute approximate surface area is 227 Å². The van der Waals surface area contributed by atoms with Crippen LogP contribution in [-0.2, 0) is 16.6 Å². The van der Waals surface area contributed by atoms with Crippen molar-refractivity contribution < 1.29 is 9.59 Å². The smallest absolute Gasteiger partial charge is 0.255 e. The number of carbonyl (C=O) groups excluding carboxylic acids is 2. The summed E-state index contributed by atoms with van der Waals surface area (Å²) in [5, 5.41) is 3.93. The first kappa shape index (κ1) is 26.6. The van der Waals surface area contributed by atoms with E-state index >= 15 is 0 Å². The average Bonchev–Trinajstić information content (AvgIpc) is 3.30. The predicted octanol–water partition coefficient (Wildman–Crippen LogP) is 6.91. The van der Waals surface area contributed by atoms with Gasteiger partial charge in [0.25, 0.3) is 5.91 Å². The molecule has 4 rings (SSSR count). The molecule has 0 saturated carbocycles. The highest BCUT2D eigenvalue weighted by Gasteiger charge is 2.42. The van der Waals surface area contributed by atoms with Crippen molar-refractivity contribution in [1.29, 1.82) is 0 Å². The van der Waals surface area contributed by atoms with Gasteiger partial charge in [-0.1, -0.05) is 92.5 Å². The third kappa shape index (κ3) is 6.08. The summed E-state index contributed by atoms with van der Waals surface area (Å²) in [6, 6.07) is 22.3. The second-order valence-corrected chi connectivity index (χ2v) is 11.9. The highest BCUT2D eigenvalue weighted by atomic mass is 35.5. The SMILES string of the molecule is CC(C)(C)c1ccc(C2SCC(C(=O)NCCc3ccc(Cl)cc3Cl)N2C(=O)c2ccccc2)cc1. The molecular weight excluding hydrogens is 511 g/mol. The van der Waals surface area contributed by atoms with Crippen LogP contribution in [0.1, 0.15) is 53.2 Å². The molecule has 1 N–H and O–H groups in total. The second-order valence-electron chi connectivity index (χ2n) is 9.93. The van der Waals surface area contributed by atoms with Crippen molar-refractivity contribution in [2.45, 2.75) is 44.0 Å². The molecule has 3 aromatic carbocycles. The van der Waals surface area contributed by atoms with Crippen LogP contribution in [0.3, 0.4) is 0 Å². The predicted molar refractivity (Wildman–Crippen MR) is 150 cm³/mol. The maximum atomic E-state index is 13.6. The average molecular weight is 542 g/mol. The van der Waals surface area contributed by atoms with Gasteiger partial charge in [-0.2, -0.15) is 0 Å². The molecule has 0 aromatic heterocycles. The number of thioether (sulfide) groups is 1. The molecule has 1 aliphatic heterocycles. The van der Waals surface area contributed by atoms with Crippen molar-refractivity contribution >= 4 is 46.8 Å². The molecule has 0 aliphatic carbocycles. The van der Waals surface area contributed by atoms with Gasteiger partial charge in [-0.25, -0.2) is 0 Å². The number of hydrogen-bond donors (Lipinski definition) is 1. The van der Waals surface area contributed by atoms with Crippen LogP contribution >= 0.6 is 35.0 Å². The summed E-state index contributed by atoms with van der Waals surface area (Å²) < 4.78 is 0. The Morgan fingerprint density at radius 1 is 1.00 bits per heavy atom. The fourth-order valence-electron chi connectivity index (χ4n) is 4.25. The minimum Gasteiger partial charge on any atom is -0.354 e. The van der Waals surface area contributed by atoms with Crippen LogP contribution in [0.5, 0.6) is 0 Å². The van der Waals surface area contributed by atoms with E-state index in [0.29, 0.717) is 34.3 Å². The van der Waals surface area contributed by atoms with Crippen molar-refractivity contribution in [3.8, 4) is 0 Å². The van der Waals surface area contributed by atoms with Crippen LogP contribution in [0.25, 0.3) is 0 Å². The van der Waals surface area contributed by atoms with Gasteiger partial charge in [0.2, 0.25) is 5.91 Å². The summed E-state index contributed by atoms with van der Waals surface area (Å²) in [6.45, 7) is 6.94. The van der Waals surface area contributed by atoms with E-state index in [0.717, 1.165) is 11.1 Å². The van der Waals surface area contributed by atoms with Gasteiger partial charge in [-0.15, -0.1) is 11.8 Å². The Balaban J connectivity index is 1.53. The van der Waals surface area contributed by atoms with E-state index in [1.54, 1.807) is 40.9 Å². The first-order valence-electron chi connectivity index (χ1n) is 12.0. The number of hydrogen-bond acceptors (Lipinski definition) is 3. The number of nitrogens with one attached hydrogen (secondary N) is 1. The Kier molecular flexibility index (Phi) is 8.34. The third-order valence-corrected chi connectivity index (χ3v) is 8.24. The second kappa shape index (κ2) is 11.3. The molecule has 1 aliphatic rings. The van der Waals surface area contributed by atoms with Crippen molar-refractivity contribution in [3.05, 3.63) is 105 Å². The highest BCUT2D eigenvalue weighted by molar-refractivity contribution is 7.99. The number of benzene rings is 3. The molecule has 4 nitrogen and oxygen atoms in total. The van der Waals surface area contributed by atoms with Gasteiger partial charge in [0.05, 0.1) is 0 Å². The Morgan fingerprint density at radius 3 is 2.33 bits per heavy atom. The molecule has 1 heterocycles. The quantitative estimate of drug-likeness (QED) is 0.369. The monoisotopic (exact) mass is 540 g/mol. The van der Waals surface area contributed by atoms with Gasteiger partial charge in [-0.05, 0) is 52.8 Å². The normalized spacial score (nSPS) is 17.8. The molecule has 0 radical (unpaired) electrons. The lowest BCUT2D eigenvalue weighted by atomic mass is 9.86. The van der Waals surface area contributed by atoms with Crippen LogP contribution in [0, 0.1) is 0 Å². The summed E-state index contributed by atoms with van der Waals surface area (Å²) in [6.07, 6.45) is 0.575. The molecule has 188 valence electrons. The zero-order chi connectivity index (χ0) is 25.9. The number of rotatable bonds is 6. The fraction of sp³-hybridized carbons (Fsp3) is 0.310. The highest BCUT2D eigenvalue weighted by Crippen LogP contribution is 2.42. The summed E-state index contributed by atoms with van der Waals surface area (Å²) in [5.41, 5.74) is 3.76. The Bertz CT molecular complexity index is 1230. The van der Waals surface area contributed by atoms with E-state index in [-0.39, 0.29) is 22.6 Å². The Morgan fingerprint density at radius 2 is 1.69 bits per heavy atom. The van der Waals surface area contributed by atoms with Crippen molar-refractivity contribution in [2.75, 3.05) is 12.3 Å². The third-order valence-electron chi connectivity index (χ3n) is 6.33. The number of nitrogens with zero attached hydrogens (tertiary/aromatic N) is 1. The van der Waals surface area contributed by atoms with Crippen LogP contribution in [0.2, 0.25) is 10.0 Å². The van der Waals surface area contributed by atoms with Crippen LogP contribution in [-0.4, -0.2) is 35.1 Å². The maximum absolute atomic E-state index is 13.6. The van der Waals surface area contributed by atoms with Crippen molar-refractivity contribution in [1.82, 2.24) is 10.2 Å². The van der Waals surface area contributed by atoms with Gasteiger partial charge in [-0.3, -0.25) is 9.59 Å². The lowest BCUT2D eigenvalue weighted by Gasteiger charge is -2.29. The number of halogens is 2. The van der Waals surface area contributed by atoms with E-state index in [1.165, 1.54) is 5.56 Å². The lowest BCUT2D eigenvalue weighted by Crippen LogP contribution is -2.48. The molecule has 2 unspecified atom stereocenters. The minimum absolute atomic E-state index is 0.0380. The van der Waals surface area contributed by atoms with Crippen LogP contribution < -0.4 is 5.32 Å². The van der Waals surface area contributed by atoms with Gasteiger partial charge in [0.15, 0.2) is 0 Å². The van der Waals surface area contributed by atoms with Gasteiger partial charge < -0.3 is 10.2 Å². The summed E-state index contributed by atoms with van der Waals surface area (Å²) in [7, 11) is 0. The summed E-state index contributed by atoms with van der Waals surface area (Å²) >= 11 is 13.9. The summed E-state index contributed by atoms with van der Waals surface area (Å²) in [4.78, 5) is 28.7. The molecule has 2 amide bonds. The molecule has 7 heteroatoms. The molecule has 0 bridgehead atoms.